The van der Waals surface area contributed by atoms with Gasteiger partial charge in [-0.3, -0.25) is 0 Å². The van der Waals surface area contributed by atoms with Gasteiger partial charge >= 0.3 is 0 Å². The minimum Gasteiger partial charge on any atom is -0.390 e. The van der Waals surface area contributed by atoms with Crippen molar-refractivity contribution in [3.05, 3.63) is 54.6 Å². The zero-order chi connectivity index (χ0) is 26.4. The summed E-state index contributed by atoms with van der Waals surface area (Å²) in [5.41, 5.74) is 1.87. The highest BCUT2D eigenvalue weighted by atomic mass is 16.3. The van der Waals surface area contributed by atoms with Crippen LogP contribution in [0.25, 0.3) is 10.8 Å². The van der Waals surface area contributed by atoms with E-state index in [1.807, 2.05) is 30.1 Å². The lowest BCUT2D eigenvalue weighted by Crippen LogP contribution is -2.55. The van der Waals surface area contributed by atoms with Crippen LogP contribution in [0.5, 0.6) is 0 Å². The molecule has 0 saturated carbocycles. The van der Waals surface area contributed by atoms with Crippen molar-refractivity contribution in [2.75, 3.05) is 34.8 Å². The Bertz CT molecular complexity index is 1430. The van der Waals surface area contributed by atoms with E-state index < -0.39 is 5.60 Å². The van der Waals surface area contributed by atoms with E-state index in [0.29, 0.717) is 42.6 Å². The van der Waals surface area contributed by atoms with Crippen LogP contribution in [-0.4, -0.2) is 66.3 Å². The average molecular weight is 514 g/mol. The van der Waals surface area contributed by atoms with Crippen LogP contribution in [0.2, 0.25) is 0 Å². The number of rotatable bonds is 6. The van der Waals surface area contributed by atoms with Gasteiger partial charge in [0.15, 0.2) is 0 Å². The first-order chi connectivity index (χ1) is 18.3. The predicted molar refractivity (Wildman–Crippen MR) is 149 cm³/mol. The number of hydrogen-bond donors (Lipinski definition) is 2. The third-order valence-electron chi connectivity index (χ3n) is 8.08. The first kappa shape index (κ1) is 24.5. The molecule has 6 rings (SSSR count). The van der Waals surface area contributed by atoms with Crippen molar-refractivity contribution >= 4 is 34.0 Å². The average Bonchev–Trinajstić information content (AvgIpc) is 3.42. The summed E-state index contributed by atoms with van der Waals surface area (Å²) in [5.74, 6) is 2.50. The number of nitrogens with zero attached hydrogens (tertiary/aromatic N) is 8. The molecule has 2 aliphatic heterocycles. The van der Waals surface area contributed by atoms with Gasteiger partial charge in [0.05, 0.1) is 23.9 Å². The lowest BCUT2D eigenvalue weighted by atomic mass is 9.92. The SMILES string of the molecule is CC(C)c1ccc(N2C[C@H](n3ccnn3)[C@H]2C)c2cnc(Nc3ccnc(N4CCC(C)(O)CC4)n3)cc12. The number of hydrogen-bond acceptors (Lipinski definition) is 9. The van der Waals surface area contributed by atoms with Crippen molar-refractivity contribution in [2.45, 2.75) is 64.1 Å². The van der Waals surface area contributed by atoms with Crippen LogP contribution in [0.4, 0.5) is 23.3 Å². The van der Waals surface area contributed by atoms with Crippen LogP contribution in [-0.2, 0) is 0 Å². The van der Waals surface area contributed by atoms with Gasteiger partial charge in [-0.2, -0.15) is 4.98 Å². The van der Waals surface area contributed by atoms with Crippen LogP contribution >= 0.6 is 0 Å². The first-order valence-electron chi connectivity index (χ1n) is 13.4. The van der Waals surface area contributed by atoms with Crippen LogP contribution < -0.4 is 15.1 Å². The molecule has 0 spiro atoms. The Morgan fingerprint density at radius 3 is 2.58 bits per heavy atom. The van der Waals surface area contributed by atoms with Crippen molar-refractivity contribution in [1.29, 1.82) is 0 Å². The lowest BCUT2D eigenvalue weighted by molar-refractivity contribution is 0.0349. The fourth-order valence-corrected chi connectivity index (χ4v) is 5.57. The highest BCUT2D eigenvalue weighted by molar-refractivity contribution is 5.98. The maximum atomic E-state index is 10.3. The molecule has 2 atom stereocenters. The van der Waals surface area contributed by atoms with Crippen LogP contribution in [0.3, 0.4) is 0 Å². The van der Waals surface area contributed by atoms with Crippen molar-refractivity contribution in [3.63, 3.8) is 0 Å². The summed E-state index contributed by atoms with van der Waals surface area (Å²) in [6.07, 6.45) is 8.82. The van der Waals surface area contributed by atoms with Gasteiger partial charge in [0.25, 0.3) is 0 Å². The van der Waals surface area contributed by atoms with Gasteiger partial charge in [-0.25, -0.2) is 14.6 Å². The van der Waals surface area contributed by atoms with Crippen molar-refractivity contribution in [2.24, 2.45) is 0 Å². The Hall–Kier alpha value is -3.79. The highest BCUT2D eigenvalue weighted by Gasteiger charge is 2.38. The van der Waals surface area contributed by atoms with Gasteiger partial charge < -0.3 is 20.2 Å². The number of fused-ring (bicyclic) bond motifs is 1. The molecule has 0 bridgehead atoms. The second kappa shape index (κ2) is 9.50. The fraction of sp³-hybridized carbons (Fsp3) is 0.464. The van der Waals surface area contributed by atoms with Crippen molar-refractivity contribution in [1.82, 2.24) is 29.9 Å². The molecule has 2 fully saturated rings. The topological polar surface area (TPSA) is 108 Å². The van der Waals surface area contributed by atoms with Gasteiger partial charge in [0.1, 0.15) is 11.6 Å². The molecule has 3 aromatic heterocycles. The summed E-state index contributed by atoms with van der Waals surface area (Å²) in [5, 5.41) is 24.2. The number of aliphatic hydroxyl groups is 1. The molecule has 0 aliphatic carbocycles. The normalized spacial score (nSPS) is 21.1. The fourth-order valence-electron chi connectivity index (χ4n) is 5.57. The molecular weight excluding hydrogens is 478 g/mol. The van der Waals surface area contributed by atoms with E-state index in [2.05, 4.69) is 69.4 Å². The Kier molecular flexibility index (Phi) is 6.14. The zero-order valence-corrected chi connectivity index (χ0v) is 22.4. The Balaban J connectivity index is 1.27. The molecule has 1 aromatic carbocycles. The largest absolute Gasteiger partial charge is 0.390 e. The lowest BCUT2D eigenvalue weighted by Gasteiger charge is -2.48. The number of anilines is 4. The van der Waals surface area contributed by atoms with Gasteiger partial charge in [0, 0.05) is 49.3 Å². The van der Waals surface area contributed by atoms with E-state index in [4.69, 9.17) is 9.97 Å². The summed E-state index contributed by atoms with van der Waals surface area (Å²) in [4.78, 5) is 18.6. The highest BCUT2D eigenvalue weighted by Crippen LogP contribution is 2.40. The predicted octanol–water partition coefficient (Wildman–Crippen LogP) is 4.28. The van der Waals surface area contributed by atoms with E-state index in [0.717, 1.165) is 30.8 Å². The third kappa shape index (κ3) is 4.53. The Labute approximate surface area is 222 Å². The maximum Gasteiger partial charge on any atom is 0.227 e. The number of aromatic nitrogens is 6. The van der Waals surface area contributed by atoms with Crippen LogP contribution in [0.1, 0.15) is 58.1 Å². The minimum atomic E-state index is -0.612. The van der Waals surface area contributed by atoms with Gasteiger partial charge in [-0.1, -0.05) is 25.1 Å². The smallest absolute Gasteiger partial charge is 0.227 e. The summed E-state index contributed by atoms with van der Waals surface area (Å²) >= 11 is 0. The van der Waals surface area contributed by atoms with Gasteiger partial charge in [-0.15, -0.1) is 5.10 Å². The molecule has 38 heavy (non-hydrogen) atoms. The van der Waals surface area contributed by atoms with Crippen molar-refractivity contribution < 1.29 is 5.11 Å². The van der Waals surface area contributed by atoms with Gasteiger partial charge in [0.2, 0.25) is 5.95 Å². The molecule has 0 unspecified atom stereocenters. The molecule has 4 aromatic rings. The molecule has 2 saturated heterocycles. The summed E-state index contributed by atoms with van der Waals surface area (Å²) in [7, 11) is 0. The monoisotopic (exact) mass is 513 g/mol. The van der Waals surface area contributed by atoms with E-state index in [1.54, 1.807) is 12.4 Å². The van der Waals surface area contributed by atoms with Crippen LogP contribution in [0, 0.1) is 0 Å². The molecule has 0 amide bonds. The molecular formula is C28H35N9O. The second-order valence-electron chi connectivity index (χ2n) is 11.1. The molecule has 198 valence electrons. The number of nitrogens with one attached hydrogen (secondary N) is 1. The van der Waals surface area contributed by atoms with E-state index in [9.17, 15) is 5.11 Å². The maximum absolute atomic E-state index is 10.3. The number of piperidine rings is 1. The van der Waals surface area contributed by atoms with Gasteiger partial charge in [-0.05, 0) is 61.8 Å². The van der Waals surface area contributed by atoms with E-state index in [-0.39, 0.29) is 0 Å². The Morgan fingerprint density at radius 1 is 1.05 bits per heavy atom. The number of benzene rings is 1. The quantitative estimate of drug-likeness (QED) is 0.390. The first-order valence-corrected chi connectivity index (χ1v) is 13.4. The molecule has 0 radical (unpaired) electrons. The van der Waals surface area contributed by atoms with Crippen LogP contribution in [0.15, 0.2) is 49.1 Å². The standard InChI is InChI=1S/C28H35N9O/c1-18(2)20-5-6-23(36-17-24(19(36)3)37-14-11-31-34-37)22-16-30-26(15-21(20)22)32-25-7-10-29-27(33-25)35-12-8-28(4,38)9-13-35/h5-7,10-11,14-16,18-19,24,38H,8-9,12-13,17H2,1-4H3,(H,29,30,32,33)/t19-,24+/m1/s1. The molecule has 2 aliphatic rings. The summed E-state index contributed by atoms with van der Waals surface area (Å²) in [6.45, 7) is 10.9. The summed E-state index contributed by atoms with van der Waals surface area (Å²) in [6, 6.07) is 9.09. The molecule has 10 heteroatoms. The van der Waals surface area contributed by atoms with E-state index >= 15 is 0 Å². The Morgan fingerprint density at radius 2 is 1.87 bits per heavy atom. The zero-order valence-electron chi connectivity index (χ0n) is 22.4. The summed E-state index contributed by atoms with van der Waals surface area (Å²) < 4.78 is 1.95. The molecule has 2 N–H and O–H groups in total. The minimum absolute atomic E-state index is 0.306. The number of pyridine rings is 1. The van der Waals surface area contributed by atoms with Crippen molar-refractivity contribution in [3.8, 4) is 0 Å². The second-order valence-corrected chi connectivity index (χ2v) is 11.1. The molecule has 10 nitrogen and oxygen atoms in total. The molecule has 5 heterocycles. The van der Waals surface area contributed by atoms with E-state index in [1.165, 1.54) is 16.6 Å². The third-order valence-corrected chi connectivity index (χ3v) is 8.08.